The second-order valence-electron chi connectivity index (χ2n) is 10.8. The SMILES string of the molecule is O=C(COc1ccc(Br)cc1[C@@H]1c2sc(=O)[nH]c2S[C@H]2C(=O)N(c3ccccc3C(F)(F)F)C(=O)[C@@H]12)Nc1cccc2ccccc12. The highest BCUT2D eigenvalue weighted by atomic mass is 79.9. The standard InChI is InChI=1S/C33H21BrF3N3O5S2/c34-17-12-13-23(45-15-24(41)38-21-10-5-7-16-6-1-2-8-18(16)21)19(14-17)25-26-28(46-29-27(25)47-32(44)39-29)31(43)40(30(26)42)22-11-4-3-9-20(22)33(35,36)37/h1-14,25-26,28H,15H2,(H,38,41)(H,39,44)/t25-,26-,28+/m0/s1. The van der Waals surface area contributed by atoms with Crippen LogP contribution in [0, 0.1) is 5.92 Å². The van der Waals surface area contributed by atoms with Gasteiger partial charge in [0.2, 0.25) is 11.8 Å². The summed E-state index contributed by atoms with van der Waals surface area (Å²) in [6, 6.07) is 22.4. The van der Waals surface area contributed by atoms with E-state index in [0.717, 1.165) is 46.0 Å². The molecule has 5 aromatic rings. The molecule has 1 aromatic heterocycles. The van der Waals surface area contributed by atoms with Crippen molar-refractivity contribution >= 4 is 78.9 Å². The van der Waals surface area contributed by atoms with Crippen LogP contribution in [0.25, 0.3) is 10.8 Å². The minimum Gasteiger partial charge on any atom is -0.483 e. The van der Waals surface area contributed by atoms with Gasteiger partial charge in [-0.25, -0.2) is 4.90 Å². The number of alkyl halides is 3. The molecule has 7 rings (SSSR count). The number of aromatic nitrogens is 1. The molecule has 2 aliphatic heterocycles. The number of halogens is 4. The van der Waals surface area contributed by atoms with Crippen LogP contribution < -0.4 is 19.8 Å². The number of nitrogens with zero attached hydrogens (tertiary/aromatic N) is 1. The van der Waals surface area contributed by atoms with E-state index in [0.29, 0.717) is 30.5 Å². The maximum Gasteiger partial charge on any atom is 0.418 e. The van der Waals surface area contributed by atoms with Crippen molar-refractivity contribution in [1.29, 1.82) is 0 Å². The van der Waals surface area contributed by atoms with Crippen molar-refractivity contribution in [1.82, 2.24) is 4.98 Å². The van der Waals surface area contributed by atoms with Crippen molar-refractivity contribution in [3.63, 3.8) is 0 Å². The summed E-state index contributed by atoms with van der Waals surface area (Å²) in [6.07, 6.45) is -4.82. The van der Waals surface area contributed by atoms with Crippen LogP contribution in [0.5, 0.6) is 5.75 Å². The average molecular weight is 741 g/mol. The number of benzene rings is 4. The Labute approximate surface area is 281 Å². The minimum atomic E-state index is -4.82. The molecular weight excluding hydrogens is 719 g/mol. The van der Waals surface area contributed by atoms with Crippen molar-refractivity contribution in [2.24, 2.45) is 5.92 Å². The number of hydrogen-bond acceptors (Lipinski definition) is 7. The fourth-order valence-electron chi connectivity index (χ4n) is 6.06. The molecule has 0 saturated carbocycles. The zero-order chi connectivity index (χ0) is 33.0. The highest BCUT2D eigenvalue weighted by molar-refractivity contribution is 9.10. The van der Waals surface area contributed by atoms with Crippen molar-refractivity contribution in [3.05, 3.63) is 115 Å². The quantitative estimate of drug-likeness (QED) is 0.179. The number of carbonyl (C=O) groups excluding carboxylic acids is 3. The number of fused-ring (bicyclic) bond motifs is 3. The zero-order valence-corrected chi connectivity index (χ0v) is 27.1. The third kappa shape index (κ3) is 5.63. The average Bonchev–Trinajstić information content (AvgIpc) is 3.54. The lowest BCUT2D eigenvalue weighted by Crippen LogP contribution is -2.33. The summed E-state index contributed by atoms with van der Waals surface area (Å²) in [7, 11) is 0. The van der Waals surface area contributed by atoms with Crippen LogP contribution >= 0.6 is 39.0 Å². The summed E-state index contributed by atoms with van der Waals surface area (Å²) < 4.78 is 48.6. The largest absolute Gasteiger partial charge is 0.483 e. The first kappa shape index (κ1) is 31.2. The predicted octanol–water partition coefficient (Wildman–Crippen LogP) is 7.18. The fourth-order valence-corrected chi connectivity index (χ4v) is 8.94. The smallest absolute Gasteiger partial charge is 0.418 e. The lowest BCUT2D eigenvalue weighted by atomic mass is 9.82. The summed E-state index contributed by atoms with van der Waals surface area (Å²) in [5, 5.41) is 3.85. The molecule has 3 amide bonds. The molecule has 3 atom stereocenters. The molecule has 1 fully saturated rings. The van der Waals surface area contributed by atoms with Gasteiger partial charge < -0.3 is 15.0 Å². The summed E-state index contributed by atoms with van der Waals surface area (Å²) in [6.45, 7) is -0.415. The number of thiazole rings is 1. The van der Waals surface area contributed by atoms with E-state index >= 15 is 0 Å². The number of imide groups is 1. The summed E-state index contributed by atoms with van der Waals surface area (Å²) in [4.78, 5) is 56.9. The van der Waals surface area contributed by atoms with Gasteiger partial charge >= 0.3 is 11.0 Å². The van der Waals surface area contributed by atoms with Gasteiger partial charge in [-0.3, -0.25) is 19.2 Å². The Morgan fingerprint density at radius 1 is 0.957 bits per heavy atom. The Bertz CT molecular complexity index is 2140. The number of aromatic amines is 1. The van der Waals surface area contributed by atoms with E-state index in [1.165, 1.54) is 12.1 Å². The van der Waals surface area contributed by atoms with Gasteiger partial charge in [-0.05, 0) is 41.8 Å². The van der Waals surface area contributed by atoms with E-state index in [2.05, 4.69) is 26.2 Å². The number of ether oxygens (including phenoxy) is 1. The fraction of sp³-hybridized carbons (Fsp3) is 0.152. The number of nitrogens with one attached hydrogen (secondary N) is 2. The van der Waals surface area contributed by atoms with Crippen LogP contribution in [0.1, 0.15) is 21.9 Å². The van der Waals surface area contributed by atoms with Gasteiger partial charge in [-0.15, -0.1) is 0 Å². The molecule has 1 saturated heterocycles. The Morgan fingerprint density at radius 3 is 2.51 bits per heavy atom. The van der Waals surface area contributed by atoms with Gasteiger partial charge in [-0.2, -0.15) is 13.2 Å². The highest BCUT2D eigenvalue weighted by Gasteiger charge is 2.57. The number of thioether (sulfide) groups is 1. The topological polar surface area (TPSA) is 109 Å². The summed E-state index contributed by atoms with van der Waals surface area (Å²) in [5.41, 5.74) is -0.697. The molecule has 8 nitrogen and oxygen atoms in total. The van der Waals surface area contributed by atoms with E-state index in [-0.39, 0.29) is 5.75 Å². The number of hydrogen-bond donors (Lipinski definition) is 2. The molecule has 0 spiro atoms. The predicted molar refractivity (Wildman–Crippen MR) is 176 cm³/mol. The number of anilines is 2. The Kier molecular flexibility index (Phi) is 7.97. The van der Waals surface area contributed by atoms with Crippen LogP contribution in [-0.2, 0) is 20.6 Å². The molecule has 0 aliphatic carbocycles. The van der Waals surface area contributed by atoms with Crippen molar-refractivity contribution in [2.75, 3.05) is 16.8 Å². The maximum atomic E-state index is 14.1. The zero-order valence-electron chi connectivity index (χ0n) is 23.8. The summed E-state index contributed by atoms with van der Waals surface area (Å²) >= 11 is 5.23. The second kappa shape index (κ2) is 12.0. The second-order valence-corrected chi connectivity index (χ2v) is 13.9. The molecule has 2 aliphatic rings. The molecule has 238 valence electrons. The van der Waals surface area contributed by atoms with E-state index in [1.54, 1.807) is 24.3 Å². The van der Waals surface area contributed by atoms with Gasteiger partial charge in [0, 0.05) is 31.9 Å². The lowest BCUT2D eigenvalue weighted by molar-refractivity contribution is -0.137. The van der Waals surface area contributed by atoms with Crippen LogP contribution in [0.2, 0.25) is 0 Å². The Morgan fingerprint density at radius 2 is 1.70 bits per heavy atom. The number of para-hydroxylation sites is 1. The number of carbonyl (C=O) groups is 3. The first-order chi connectivity index (χ1) is 22.5. The van der Waals surface area contributed by atoms with E-state index < -0.39 is 63.7 Å². The first-order valence-corrected chi connectivity index (χ1v) is 16.6. The molecular formula is C33H21BrF3N3O5S2. The third-order valence-corrected chi connectivity index (χ3v) is 10.9. The first-order valence-electron chi connectivity index (χ1n) is 14.1. The van der Waals surface area contributed by atoms with E-state index in [9.17, 15) is 32.3 Å². The molecule has 0 unspecified atom stereocenters. The van der Waals surface area contributed by atoms with E-state index in [4.69, 9.17) is 4.74 Å². The molecule has 14 heteroatoms. The van der Waals surface area contributed by atoms with Gasteiger partial charge in [0.1, 0.15) is 11.0 Å². The van der Waals surface area contributed by atoms with Crippen LogP contribution in [0.15, 0.2) is 99.2 Å². The highest BCUT2D eigenvalue weighted by Crippen LogP contribution is 2.55. The number of rotatable bonds is 6. The van der Waals surface area contributed by atoms with Crippen LogP contribution in [0.4, 0.5) is 24.5 Å². The van der Waals surface area contributed by atoms with Crippen LogP contribution in [0.3, 0.4) is 0 Å². The monoisotopic (exact) mass is 739 g/mol. The molecule has 0 bridgehead atoms. The number of amides is 3. The molecule has 3 heterocycles. The van der Waals surface area contributed by atoms with Crippen molar-refractivity contribution in [3.8, 4) is 5.75 Å². The third-order valence-electron chi connectivity index (χ3n) is 8.00. The van der Waals surface area contributed by atoms with E-state index in [1.807, 2.05) is 36.4 Å². The molecule has 2 N–H and O–H groups in total. The normalized spacial score (nSPS) is 19.1. The van der Waals surface area contributed by atoms with Crippen molar-refractivity contribution in [2.45, 2.75) is 22.4 Å². The van der Waals surface area contributed by atoms with Gasteiger partial charge in [-0.1, -0.05) is 87.6 Å². The van der Waals surface area contributed by atoms with Gasteiger partial charge in [0.15, 0.2) is 6.61 Å². The molecule has 47 heavy (non-hydrogen) atoms. The molecule has 4 aromatic carbocycles. The van der Waals surface area contributed by atoms with Crippen LogP contribution in [-0.4, -0.2) is 34.6 Å². The van der Waals surface area contributed by atoms with Gasteiger partial charge in [0.05, 0.1) is 22.2 Å². The minimum absolute atomic E-state index is 0.207. The van der Waals surface area contributed by atoms with Crippen molar-refractivity contribution < 1.29 is 32.3 Å². The summed E-state index contributed by atoms with van der Waals surface area (Å²) in [5.74, 6) is -4.03. The Hall–Kier alpha value is -4.40. The maximum absolute atomic E-state index is 14.1. The molecule has 0 radical (unpaired) electrons. The number of H-pyrrole nitrogens is 1. The Balaban J connectivity index is 1.25. The van der Waals surface area contributed by atoms with Gasteiger partial charge in [0.25, 0.3) is 5.91 Å². The lowest BCUT2D eigenvalue weighted by Gasteiger charge is -2.31.